The number of anilines is 1. The van der Waals surface area contributed by atoms with Crippen molar-refractivity contribution in [1.82, 2.24) is 19.7 Å². The van der Waals surface area contributed by atoms with Crippen molar-refractivity contribution >= 4 is 22.6 Å². The van der Waals surface area contributed by atoms with Crippen LogP contribution in [0.1, 0.15) is 10.6 Å². The lowest BCUT2D eigenvalue weighted by atomic mass is 10.2. The third-order valence-corrected chi connectivity index (χ3v) is 4.54. The van der Waals surface area contributed by atoms with Crippen LogP contribution in [0.3, 0.4) is 0 Å². The molecule has 0 unspecified atom stereocenters. The molecule has 0 atom stereocenters. The Morgan fingerprint density at radius 3 is 2.69 bits per heavy atom. The van der Waals surface area contributed by atoms with E-state index in [0.717, 1.165) is 22.2 Å². The van der Waals surface area contributed by atoms with E-state index in [1.165, 1.54) is 6.26 Å². The van der Waals surface area contributed by atoms with E-state index in [2.05, 4.69) is 20.4 Å². The fourth-order valence-corrected chi connectivity index (χ4v) is 3.03. The lowest BCUT2D eigenvalue weighted by molar-refractivity contribution is 0.0996. The minimum absolute atomic E-state index is 0.250. The Hall–Kier alpha value is -4.20. The van der Waals surface area contributed by atoms with Gasteiger partial charge in [-0.3, -0.25) is 4.79 Å². The Morgan fingerprint density at radius 2 is 1.90 bits per heavy atom. The molecule has 0 saturated heterocycles. The molecule has 0 saturated carbocycles. The predicted octanol–water partition coefficient (Wildman–Crippen LogP) is 4.14. The zero-order valence-corrected chi connectivity index (χ0v) is 15.4. The normalized spacial score (nSPS) is 11.1. The Labute approximate surface area is 164 Å². The summed E-state index contributed by atoms with van der Waals surface area (Å²) >= 11 is 0. The predicted molar refractivity (Wildman–Crippen MR) is 106 cm³/mol. The van der Waals surface area contributed by atoms with E-state index in [1.807, 2.05) is 29.8 Å². The van der Waals surface area contributed by atoms with E-state index < -0.39 is 0 Å². The number of nitrogens with zero attached hydrogens (tertiary/aromatic N) is 4. The van der Waals surface area contributed by atoms with Crippen LogP contribution in [0.5, 0.6) is 0 Å². The number of carbonyl (C=O) groups excluding carboxylic acids is 1. The highest BCUT2D eigenvalue weighted by Gasteiger charge is 2.13. The molecule has 0 fully saturated rings. The molecule has 2 aromatic carbocycles. The maximum absolute atomic E-state index is 12.0. The summed E-state index contributed by atoms with van der Waals surface area (Å²) in [5.74, 6) is 0.820. The first-order valence-electron chi connectivity index (χ1n) is 8.88. The summed E-state index contributed by atoms with van der Waals surface area (Å²) in [6, 6.07) is 16.2. The van der Waals surface area contributed by atoms with Gasteiger partial charge in [0, 0.05) is 23.9 Å². The van der Waals surface area contributed by atoms with Crippen LogP contribution in [0, 0.1) is 0 Å². The number of benzene rings is 2. The van der Waals surface area contributed by atoms with Crippen molar-refractivity contribution in [2.75, 3.05) is 5.32 Å². The van der Waals surface area contributed by atoms with Crippen molar-refractivity contribution in [2.24, 2.45) is 7.05 Å². The maximum Gasteiger partial charge on any atom is 0.291 e. The Kier molecular flexibility index (Phi) is 3.94. The molecule has 8 nitrogen and oxygen atoms in total. The second-order valence-electron chi connectivity index (χ2n) is 6.49. The number of rotatable bonds is 4. The summed E-state index contributed by atoms with van der Waals surface area (Å²) in [4.78, 5) is 20.9. The molecule has 5 rings (SSSR count). The quantitative estimate of drug-likeness (QED) is 0.499. The third-order valence-electron chi connectivity index (χ3n) is 4.54. The number of hydrogen-bond acceptors (Lipinski definition) is 6. The fourth-order valence-electron chi connectivity index (χ4n) is 3.03. The van der Waals surface area contributed by atoms with Crippen LogP contribution in [-0.2, 0) is 7.05 Å². The molecule has 1 amide bonds. The number of aromatic nitrogens is 4. The van der Waals surface area contributed by atoms with E-state index in [-0.39, 0.29) is 11.7 Å². The summed E-state index contributed by atoms with van der Waals surface area (Å²) in [6.45, 7) is 0. The van der Waals surface area contributed by atoms with Gasteiger partial charge in [-0.25, -0.2) is 4.98 Å². The summed E-state index contributed by atoms with van der Waals surface area (Å²) < 4.78 is 12.4. The Morgan fingerprint density at radius 1 is 1.07 bits per heavy atom. The van der Waals surface area contributed by atoms with Crippen LogP contribution in [-0.4, -0.2) is 25.6 Å². The zero-order valence-electron chi connectivity index (χ0n) is 15.4. The maximum atomic E-state index is 12.0. The minimum atomic E-state index is -0.312. The van der Waals surface area contributed by atoms with Crippen LogP contribution >= 0.6 is 0 Å². The molecule has 142 valence electrons. The van der Waals surface area contributed by atoms with E-state index in [9.17, 15) is 4.79 Å². The summed E-state index contributed by atoms with van der Waals surface area (Å²) in [5.41, 5.74) is 4.11. The number of carbonyl (C=O) groups is 1. The fraction of sp³-hybridized carbons (Fsp3) is 0.0476. The molecule has 3 heterocycles. The van der Waals surface area contributed by atoms with Gasteiger partial charge in [-0.2, -0.15) is 4.98 Å². The number of hydrogen-bond donors (Lipinski definition) is 1. The van der Waals surface area contributed by atoms with Gasteiger partial charge in [0.15, 0.2) is 5.76 Å². The number of furan rings is 1. The highest BCUT2D eigenvalue weighted by Crippen LogP contribution is 2.25. The molecule has 8 heteroatoms. The van der Waals surface area contributed by atoms with Gasteiger partial charge in [0.1, 0.15) is 0 Å². The number of imidazole rings is 1. The average Bonchev–Trinajstić information content (AvgIpc) is 3.50. The van der Waals surface area contributed by atoms with E-state index in [1.54, 1.807) is 42.7 Å². The topological polar surface area (TPSA) is 99.0 Å². The summed E-state index contributed by atoms with van der Waals surface area (Å²) in [6.07, 6.45) is 3.22. The van der Waals surface area contributed by atoms with Crippen LogP contribution in [0.2, 0.25) is 0 Å². The zero-order chi connectivity index (χ0) is 19.8. The number of amides is 1. The second-order valence-corrected chi connectivity index (χ2v) is 6.49. The molecule has 5 aromatic rings. The van der Waals surface area contributed by atoms with Gasteiger partial charge in [-0.15, -0.1) is 0 Å². The monoisotopic (exact) mass is 385 g/mol. The van der Waals surface area contributed by atoms with Gasteiger partial charge in [0.25, 0.3) is 11.8 Å². The van der Waals surface area contributed by atoms with Gasteiger partial charge in [-0.1, -0.05) is 5.16 Å². The smallest absolute Gasteiger partial charge is 0.291 e. The van der Waals surface area contributed by atoms with Gasteiger partial charge in [-0.05, 0) is 54.6 Å². The highest BCUT2D eigenvalue weighted by atomic mass is 16.5. The number of fused-ring (bicyclic) bond motifs is 1. The first kappa shape index (κ1) is 16.9. The molecule has 0 aliphatic carbocycles. The highest BCUT2D eigenvalue weighted by molar-refractivity contribution is 6.02. The number of aryl methyl sites for hydroxylation is 1. The Bertz CT molecular complexity index is 1300. The SMILES string of the molecule is Cn1cnc2cc(-c3noc(-c4ccc(NC(=O)c5ccco5)cc4)n3)ccc21. The summed E-state index contributed by atoms with van der Waals surface area (Å²) in [7, 11) is 1.95. The molecule has 1 N–H and O–H groups in total. The van der Waals surface area contributed by atoms with Gasteiger partial charge in [0.05, 0.1) is 23.6 Å². The molecular formula is C21H15N5O3. The first-order chi connectivity index (χ1) is 14.2. The van der Waals surface area contributed by atoms with Crippen LogP contribution in [0.15, 0.2) is 76.1 Å². The minimum Gasteiger partial charge on any atom is -0.459 e. The number of nitrogens with one attached hydrogen (secondary N) is 1. The third kappa shape index (κ3) is 3.16. The molecule has 0 bridgehead atoms. The van der Waals surface area contributed by atoms with Crippen molar-refractivity contribution < 1.29 is 13.7 Å². The first-order valence-corrected chi connectivity index (χ1v) is 8.88. The molecule has 3 aromatic heterocycles. The van der Waals surface area contributed by atoms with Gasteiger partial charge in [0.2, 0.25) is 5.82 Å². The lowest BCUT2D eigenvalue weighted by Crippen LogP contribution is -2.10. The van der Waals surface area contributed by atoms with Crippen LogP contribution in [0.25, 0.3) is 33.9 Å². The second kappa shape index (κ2) is 6.75. The van der Waals surface area contributed by atoms with E-state index in [4.69, 9.17) is 8.94 Å². The molecule has 0 aliphatic rings. The molecule has 0 radical (unpaired) electrons. The largest absolute Gasteiger partial charge is 0.459 e. The Balaban J connectivity index is 1.36. The van der Waals surface area contributed by atoms with Gasteiger partial charge < -0.3 is 18.8 Å². The molecule has 0 aliphatic heterocycles. The summed E-state index contributed by atoms with van der Waals surface area (Å²) in [5, 5.41) is 6.84. The van der Waals surface area contributed by atoms with E-state index >= 15 is 0 Å². The van der Waals surface area contributed by atoms with Crippen LogP contribution < -0.4 is 5.32 Å². The van der Waals surface area contributed by atoms with Crippen molar-refractivity contribution in [3.8, 4) is 22.8 Å². The lowest BCUT2D eigenvalue weighted by Gasteiger charge is -2.03. The van der Waals surface area contributed by atoms with Crippen molar-refractivity contribution in [2.45, 2.75) is 0 Å². The molecule has 29 heavy (non-hydrogen) atoms. The van der Waals surface area contributed by atoms with Crippen molar-refractivity contribution in [3.63, 3.8) is 0 Å². The van der Waals surface area contributed by atoms with Crippen LogP contribution in [0.4, 0.5) is 5.69 Å². The van der Waals surface area contributed by atoms with Crippen molar-refractivity contribution in [3.05, 3.63) is 72.9 Å². The van der Waals surface area contributed by atoms with Gasteiger partial charge >= 0.3 is 0 Å². The van der Waals surface area contributed by atoms with E-state index in [0.29, 0.717) is 17.4 Å². The molecular weight excluding hydrogens is 370 g/mol. The average molecular weight is 385 g/mol. The van der Waals surface area contributed by atoms with Crippen molar-refractivity contribution in [1.29, 1.82) is 0 Å². The standard InChI is InChI=1S/C21H15N5O3/c1-26-12-22-16-11-14(6-9-17(16)26)19-24-21(29-25-19)13-4-7-15(8-5-13)23-20(27)18-3-2-10-28-18/h2-12H,1H3,(H,23,27). The molecule has 0 spiro atoms.